The van der Waals surface area contributed by atoms with Gasteiger partial charge in [-0.1, -0.05) is 6.07 Å². The number of piperazine rings is 1. The molecule has 1 saturated heterocycles. The Labute approximate surface area is 229 Å². The maximum Gasteiger partial charge on any atom is 0.419 e. The number of anilines is 1. The smallest absolute Gasteiger partial charge is 0.353 e. The summed E-state index contributed by atoms with van der Waals surface area (Å²) in [6.45, 7) is 1.95. The maximum atomic E-state index is 14.2. The number of alkyl halides is 3. The van der Waals surface area contributed by atoms with Crippen LogP contribution in [0.3, 0.4) is 0 Å². The number of carbonyl (C=O) groups excluding carboxylic acids is 1. The quantitative estimate of drug-likeness (QED) is 0.311. The Kier molecular flexibility index (Phi) is 6.62. The Balaban J connectivity index is 1.21. The average Bonchev–Trinajstić information content (AvgIpc) is 3.58. The van der Waals surface area contributed by atoms with Crippen molar-refractivity contribution in [3.63, 3.8) is 0 Å². The highest BCUT2D eigenvalue weighted by Gasteiger charge is 2.34. The molecule has 1 amide bonds. The first-order valence-electron chi connectivity index (χ1n) is 12.4. The predicted octanol–water partition coefficient (Wildman–Crippen LogP) is 4.62. The maximum absolute atomic E-state index is 14.2. The van der Waals surface area contributed by atoms with Crippen LogP contribution in [0.4, 0.5) is 23.4 Å². The second-order valence-electron chi connectivity index (χ2n) is 9.62. The van der Waals surface area contributed by atoms with Gasteiger partial charge in [0.2, 0.25) is 5.91 Å². The fourth-order valence-corrected chi connectivity index (χ4v) is 5.64. The van der Waals surface area contributed by atoms with E-state index in [9.17, 15) is 22.4 Å². The van der Waals surface area contributed by atoms with E-state index in [1.54, 1.807) is 17.5 Å². The van der Waals surface area contributed by atoms with Crippen molar-refractivity contribution < 1.29 is 22.4 Å². The third kappa shape index (κ3) is 4.97. The molecule has 1 fully saturated rings. The number of likely N-dealkylation sites (N-methyl/N-ethyl adjacent to an activating group) is 1. The number of nitrogens with zero attached hydrogens (tertiary/aromatic N) is 6. The van der Waals surface area contributed by atoms with Crippen LogP contribution in [-0.4, -0.2) is 63.3 Å². The Hall–Kier alpha value is -4.10. The van der Waals surface area contributed by atoms with E-state index in [1.807, 2.05) is 28.3 Å². The summed E-state index contributed by atoms with van der Waals surface area (Å²) in [5.41, 5.74) is 0.0844. The van der Waals surface area contributed by atoms with Gasteiger partial charge < -0.3 is 10.2 Å². The molecule has 0 saturated carbocycles. The fourth-order valence-electron chi connectivity index (χ4n) is 4.87. The molecule has 2 aromatic carbocycles. The lowest BCUT2D eigenvalue weighted by atomic mass is 10.1. The Morgan fingerprint density at radius 2 is 1.98 bits per heavy atom. The summed E-state index contributed by atoms with van der Waals surface area (Å²) in [6.07, 6.45) is -1.89. The summed E-state index contributed by atoms with van der Waals surface area (Å²) >= 11 is 1.67. The number of halogens is 4. The molecule has 0 spiro atoms. The number of amides is 1. The molecule has 0 aliphatic carbocycles. The van der Waals surface area contributed by atoms with Crippen molar-refractivity contribution >= 4 is 44.2 Å². The third-order valence-corrected chi connectivity index (χ3v) is 7.95. The Morgan fingerprint density at radius 3 is 2.77 bits per heavy atom. The molecule has 13 heteroatoms. The number of hydrogen-bond acceptors (Lipinski definition) is 7. The molecule has 0 unspecified atom stereocenters. The van der Waals surface area contributed by atoms with Gasteiger partial charge >= 0.3 is 6.18 Å². The van der Waals surface area contributed by atoms with Crippen molar-refractivity contribution in [1.29, 1.82) is 0 Å². The lowest BCUT2D eigenvalue weighted by Crippen LogP contribution is -2.57. The second kappa shape index (κ2) is 10.1. The van der Waals surface area contributed by atoms with Crippen LogP contribution < -0.4 is 10.2 Å². The van der Waals surface area contributed by atoms with E-state index >= 15 is 0 Å². The Morgan fingerprint density at radius 1 is 1.12 bits per heavy atom. The summed E-state index contributed by atoms with van der Waals surface area (Å²) < 4.78 is 55.6. The first kappa shape index (κ1) is 26.1. The number of hydrogen-bond donors (Lipinski definition) is 1. The van der Waals surface area contributed by atoms with Gasteiger partial charge in [0.25, 0.3) is 0 Å². The minimum absolute atomic E-state index is 0.112. The zero-order valence-corrected chi connectivity index (χ0v) is 22.0. The second-order valence-corrected chi connectivity index (χ2v) is 10.6. The minimum Gasteiger partial charge on any atom is -0.353 e. The molecule has 206 valence electrons. The largest absolute Gasteiger partial charge is 0.419 e. The van der Waals surface area contributed by atoms with Crippen LogP contribution in [0.1, 0.15) is 11.1 Å². The highest BCUT2D eigenvalue weighted by atomic mass is 32.1. The SMILES string of the molecule is CN1CCN(c2ncnc3nn(-c4ccc(C(F)(F)F)c(F)c4)cc23)C[C@H]1C(=O)NCc1ccc2sccc2c1. The van der Waals surface area contributed by atoms with Gasteiger partial charge in [-0.05, 0) is 53.7 Å². The zero-order chi connectivity index (χ0) is 28.0. The molecule has 40 heavy (non-hydrogen) atoms. The van der Waals surface area contributed by atoms with Gasteiger partial charge in [-0.3, -0.25) is 9.69 Å². The molecular formula is C27H23F4N7OS. The molecule has 0 bridgehead atoms. The van der Waals surface area contributed by atoms with Crippen molar-refractivity contribution in [2.24, 2.45) is 0 Å². The monoisotopic (exact) mass is 569 g/mol. The number of fused-ring (bicyclic) bond motifs is 2. The number of carbonyl (C=O) groups is 1. The van der Waals surface area contributed by atoms with E-state index < -0.39 is 23.6 Å². The number of benzene rings is 2. The summed E-state index contributed by atoms with van der Waals surface area (Å²) in [6, 6.07) is 10.4. The van der Waals surface area contributed by atoms with Crippen LogP contribution in [0.5, 0.6) is 0 Å². The van der Waals surface area contributed by atoms with Crippen molar-refractivity contribution in [2.75, 3.05) is 31.6 Å². The lowest BCUT2D eigenvalue weighted by molar-refractivity contribution is -0.140. The standard InChI is InChI=1S/C27H23F4N7OS/c1-36-7-8-37(14-22(36)26(39)32-12-16-2-5-23-17(10-16)6-9-40-23)25-19-13-38(35-24(19)33-15-34-25)18-3-4-20(21(28)11-18)27(29,30)31/h2-6,9-11,13,15,22H,7-8,12,14H2,1H3,(H,32,39)/t22-/m0/s1. The van der Waals surface area contributed by atoms with E-state index in [2.05, 4.69) is 38.6 Å². The van der Waals surface area contributed by atoms with Crippen LogP contribution in [0.15, 0.2) is 60.4 Å². The molecule has 0 radical (unpaired) electrons. The topological polar surface area (TPSA) is 79.2 Å². The molecule has 1 atom stereocenters. The van der Waals surface area contributed by atoms with E-state index in [4.69, 9.17) is 0 Å². The lowest BCUT2D eigenvalue weighted by Gasteiger charge is -2.39. The van der Waals surface area contributed by atoms with Crippen LogP contribution in [0.2, 0.25) is 0 Å². The van der Waals surface area contributed by atoms with Crippen molar-refractivity contribution in [2.45, 2.75) is 18.8 Å². The predicted molar refractivity (Wildman–Crippen MR) is 144 cm³/mol. The average molecular weight is 570 g/mol. The van der Waals surface area contributed by atoms with Crippen molar-refractivity contribution in [3.8, 4) is 5.69 Å². The molecule has 1 aliphatic heterocycles. The number of aromatic nitrogens is 4. The summed E-state index contributed by atoms with van der Waals surface area (Å²) in [4.78, 5) is 25.8. The zero-order valence-electron chi connectivity index (χ0n) is 21.2. The van der Waals surface area contributed by atoms with Gasteiger partial charge in [-0.25, -0.2) is 19.0 Å². The van der Waals surface area contributed by atoms with Crippen LogP contribution >= 0.6 is 11.3 Å². The minimum atomic E-state index is -4.79. The van der Waals surface area contributed by atoms with Gasteiger partial charge in [0.05, 0.1) is 16.6 Å². The van der Waals surface area contributed by atoms with E-state index in [-0.39, 0.29) is 11.6 Å². The van der Waals surface area contributed by atoms with E-state index in [1.165, 1.54) is 15.7 Å². The van der Waals surface area contributed by atoms with Gasteiger partial charge in [-0.15, -0.1) is 16.4 Å². The summed E-state index contributed by atoms with van der Waals surface area (Å²) in [5, 5.41) is 11.1. The first-order chi connectivity index (χ1) is 19.2. The summed E-state index contributed by atoms with van der Waals surface area (Å²) in [5.74, 6) is -0.963. The molecule has 6 rings (SSSR count). The van der Waals surface area contributed by atoms with Crippen molar-refractivity contribution in [1.82, 2.24) is 30.0 Å². The highest BCUT2D eigenvalue weighted by Crippen LogP contribution is 2.33. The third-order valence-electron chi connectivity index (χ3n) is 7.05. The normalized spacial score (nSPS) is 16.6. The molecule has 3 aromatic heterocycles. The molecule has 1 aliphatic rings. The van der Waals surface area contributed by atoms with Crippen LogP contribution in [-0.2, 0) is 17.5 Å². The fraction of sp³-hybridized carbons (Fsp3) is 0.259. The highest BCUT2D eigenvalue weighted by molar-refractivity contribution is 7.17. The van der Waals surface area contributed by atoms with Gasteiger partial charge in [0, 0.05) is 43.1 Å². The number of rotatable bonds is 5. The van der Waals surface area contributed by atoms with Gasteiger partial charge in [-0.2, -0.15) is 13.2 Å². The Bertz CT molecular complexity index is 1720. The van der Waals surface area contributed by atoms with Crippen LogP contribution in [0.25, 0.3) is 26.8 Å². The van der Waals surface area contributed by atoms with Gasteiger partial charge in [0.15, 0.2) is 5.65 Å². The molecule has 4 heterocycles. The summed E-state index contributed by atoms with van der Waals surface area (Å²) in [7, 11) is 1.89. The molecule has 8 nitrogen and oxygen atoms in total. The number of nitrogens with one attached hydrogen (secondary N) is 1. The van der Waals surface area contributed by atoms with Crippen molar-refractivity contribution in [3.05, 3.63) is 77.3 Å². The molecule has 5 aromatic rings. The van der Waals surface area contributed by atoms with E-state index in [0.717, 1.165) is 23.1 Å². The van der Waals surface area contributed by atoms with Crippen LogP contribution in [0, 0.1) is 5.82 Å². The van der Waals surface area contributed by atoms with E-state index in [0.29, 0.717) is 49.1 Å². The van der Waals surface area contributed by atoms with Gasteiger partial charge in [0.1, 0.15) is 24.0 Å². The molecule has 1 N–H and O–H groups in total. The molecular weight excluding hydrogens is 546 g/mol. The first-order valence-corrected chi connectivity index (χ1v) is 13.3. The number of thiophene rings is 1.